The van der Waals surface area contributed by atoms with Gasteiger partial charge in [-0.1, -0.05) is 13.3 Å². The number of hydrogen-bond donors (Lipinski definition) is 1. The summed E-state index contributed by atoms with van der Waals surface area (Å²) in [6.45, 7) is 6.21. The Morgan fingerprint density at radius 3 is 2.55 bits per heavy atom. The Bertz CT molecular complexity index is 392. The quantitative estimate of drug-likeness (QED) is 0.529. The fourth-order valence-electron chi connectivity index (χ4n) is 1.80. The lowest BCUT2D eigenvalue weighted by atomic mass is 10.1. The van der Waals surface area contributed by atoms with Gasteiger partial charge >= 0.3 is 0 Å². The maximum absolute atomic E-state index is 12.8. The van der Waals surface area contributed by atoms with E-state index < -0.39 is 0 Å². The number of ether oxygens (including phenoxy) is 1. The van der Waals surface area contributed by atoms with Crippen LogP contribution in [0.2, 0.25) is 0 Å². The van der Waals surface area contributed by atoms with Gasteiger partial charge in [0.2, 0.25) is 0 Å². The monoisotopic (exact) mass is 281 g/mol. The van der Waals surface area contributed by atoms with Gasteiger partial charge in [0.25, 0.3) is 0 Å². The normalized spacial score (nSPS) is 12.3. The molecule has 0 aromatic heterocycles. The Kier molecular flexibility index (Phi) is 8.07. The highest BCUT2D eigenvalue weighted by Crippen LogP contribution is 2.06. The van der Waals surface area contributed by atoms with Gasteiger partial charge in [0, 0.05) is 18.8 Å². The van der Waals surface area contributed by atoms with Crippen LogP contribution in [-0.4, -0.2) is 31.6 Å². The number of ketones is 1. The van der Waals surface area contributed by atoms with Gasteiger partial charge in [-0.2, -0.15) is 0 Å². The van der Waals surface area contributed by atoms with E-state index in [1.54, 1.807) is 0 Å². The van der Waals surface area contributed by atoms with E-state index in [9.17, 15) is 9.18 Å². The van der Waals surface area contributed by atoms with Crippen molar-refractivity contribution in [3.8, 4) is 0 Å². The van der Waals surface area contributed by atoms with Gasteiger partial charge in [-0.3, -0.25) is 4.79 Å². The van der Waals surface area contributed by atoms with Gasteiger partial charge in [0.15, 0.2) is 5.78 Å². The van der Waals surface area contributed by atoms with Crippen LogP contribution in [0.1, 0.15) is 43.5 Å². The van der Waals surface area contributed by atoms with Gasteiger partial charge in [0.05, 0.1) is 6.04 Å². The fraction of sp³-hybridized carbons (Fsp3) is 0.562. The van der Waals surface area contributed by atoms with Gasteiger partial charge in [0.1, 0.15) is 5.82 Å². The molecule has 20 heavy (non-hydrogen) atoms. The molecule has 1 aromatic rings. The largest absolute Gasteiger partial charge is 0.381 e. The Labute approximate surface area is 120 Å². The van der Waals surface area contributed by atoms with Crippen molar-refractivity contribution in [3.05, 3.63) is 35.6 Å². The highest BCUT2D eigenvalue weighted by atomic mass is 19.1. The van der Waals surface area contributed by atoms with E-state index in [0.717, 1.165) is 32.4 Å². The van der Waals surface area contributed by atoms with Crippen molar-refractivity contribution in [2.75, 3.05) is 19.8 Å². The standard InChI is InChI=1S/C16H24FNO2/c1-3-4-11-20-12-5-10-18-13(2)16(19)14-6-8-15(17)9-7-14/h6-9,13,18H,3-5,10-12H2,1-2H3. The first-order chi connectivity index (χ1) is 9.65. The zero-order valence-corrected chi connectivity index (χ0v) is 12.3. The molecular formula is C16H24FNO2. The molecule has 0 saturated heterocycles. The van der Waals surface area contributed by atoms with Crippen LogP contribution in [-0.2, 0) is 4.74 Å². The van der Waals surface area contributed by atoms with E-state index in [1.807, 2.05) is 6.92 Å². The molecule has 0 fully saturated rings. The second kappa shape index (κ2) is 9.61. The minimum Gasteiger partial charge on any atom is -0.381 e. The molecule has 0 aliphatic rings. The summed E-state index contributed by atoms with van der Waals surface area (Å²) in [4.78, 5) is 12.0. The first kappa shape index (κ1) is 16.8. The summed E-state index contributed by atoms with van der Waals surface area (Å²) in [7, 11) is 0. The molecule has 0 heterocycles. The minimum absolute atomic E-state index is 0.0168. The molecule has 0 amide bonds. The van der Waals surface area contributed by atoms with Gasteiger partial charge in [-0.05, 0) is 50.6 Å². The molecule has 0 aliphatic carbocycles. The van der Waals surface area contributed by atoms with Gasteiger partial charge in [-0.15, -0.1) is 0 Å². The van der Waals surface area contributed by atoms with Crippen LogP contribution in [0.5, 0.6) is 0 Å². The van der Waals surface area contributed by atoms with Gasteiger partial charge in [-0.25, -0.2) is 4.39 Å². The second-order valence-electron chi connectivity index (χ2n) is 4.87. The van der Waals surface area contributed by atoms with Crippen LogP contribution in [0.4, 0.5) is 4.39 Å². The molecule has 0 spiro atoms. The third-order valence-electron chi connectivity index (χ3n) is 3.08. The number of unbranched alkanes of at least 4 members (excludes halogenated alkanes) is 1. The first-order valence-corrected chi connectivity index (χ1v) is 7.26. The summed E-state index contributed by atoms with van der Waals surface area (Å²) < 4.78 is 18.2. The maximum atomic E-state index is 12.8. The van der Waals surface area contributed by atoms with Crippen LogP contribution in [0, 0.1) is 5.82 Å². The average Bonchev–Trinajstić information content (AvgIpc) is 2.46. The van der Waals surface area contributed by atoms with Crippen molar-refractivity contribution in [1.82, 2.24) is 5.32 Å². The second-order valence-corrected chi connectivity index (χ2v) is 4.87. The van der Waals surface area contributed by atoms with Crippen LogP contribution in [0.15, 0.2) is 24.3 Å². The van der Waals surface area contributed by atoms with Crippen molar-refractivity contribution in [2.24, 2.45) is 0 Å². The summed E-state index contributed by atoms with van der Waals surface area (Å²) in [6.07, 6.45) is 3.11. The van der Waals surface area contributed by atoms with Crippen LogP contribution < -0.4 is 5.32 Å². The van der Waals surface area contributed by atoms with Crippen LogP contribution in [0.25, 0.3) is 0 Å². The summed E-state index contributed by atoms with van der Waals surface area (Å²) >= 11 is 0. The molecule has 1 unspecified atom stereocenters. The summed E-state index contributed by atoms with van der Waals surface area (Å²) in [6, 6.07) is 5.38. The molecule has 112 valence electrons. The average molecular weight is 281 g/mol. The van der Waals surface area contributed by atoms with Gasteiger partial charge < -0.3 is 10.1 Å². The molecule has 0 radical (unpaired) electrons. The maximum Gasteiger partial charge on any atom is 0.179 e. The molecule has 1 rings (SSSR count). The molecule has 0 saturated carbocycles. The number of benzene rings is 1. The summed E-state index contributed by atoms with van der Waals surface area (Å²) in [5.74, 6) is -0.344. The molecule has 1 atom stereocenters. The van der Waals surface area contributed by atoms with E-state index in [-0.39, 0.29) is 17.6 Å². The van der Waals surface area contributed by atoms with E-state index >= 15 is 0 Å². The van der Waals surface area contributed by atoms with Crippen molar-refractivity contribution in [3.63, 3.8) is 0 Å². The first-order valence-electron chi connectivity index (χ1n) is 7.26. The molecule has 1 N–H and O–H groups in total. The number of carbonyl (C=O) groups excluding carboxylic acids is 1. The SMILES string of the molecule is CCCCOCCCNC(C)C(=O)c1ccc(F)cc1. The van der Waals surface area contributed by atoms with Crippen molar-refractivity contribution >= 4 is 5.78 Å². The topological polar surface area (TPSA) is 38.3 Å². The van der Waals surface area contributed by atoms with E-state index in [0.29, 0.717) is 12.2 Å². The third kappa shape index (κ3) is 6.26. The Morgan fingerprint density at radius 2 is 1.90 bits per heavy atom. The Hall–Kier alpha value is -1.26. The molecule has 4 heteroatoms. The number of hydrogen-bond acceptors (Lipinski definition) is 3. The van der Waals surface area contributed by atoms with Crippen LogP contribution in [0.3, 0.4) is 0 Å². The van der Waals surface area contributed by atoms with Crippen molar-refractivity contribution in [2.45, 2.75) is 39.2 Å². The predicted molar refractivity (Wildman–Crippen MR) is 78.5 cm³/mol. The van der Waals surface area contributed by atoms with E-state index in [1.165, 1.54) is 24.3 Å². The highest BCUT2D eigenvalue weighted by Gasteiger charge is 2.14. The molecular weight excluding hydrogens is 257 g/mol. The lowest BCUT2D eigenvalue weighted by molar-refractivity contribution is 0.0944. The van der Waals surface area contributed by atoms with Crippen molar-refractivity contribution in [1.29, 1.82) is 0 Å². The molecule has 3 nitrogen and oxygen atoms in total. The highest BCUT2D eigenvalue weighted by molar-refractivity contribution is 5.99. The third-order valence-corrected chi connectivity index (χ3v) is 3.08. The Morgan fingerprint density at radius 1 is 1.25 bits per heavy atom. The number of carbonyl (C=O) groups is 1. The Balaban J connectivity index is 2.20. The molecule has 1 aromatic carbocycles. The van der Waals surface area contributed by atoms with Crippen LogP contribution >= 0.6 is 0 Å². The lowest BCUT2D eigenvalue weighted by Gasteiger charge is -2.13. The fourth-order valence-corrected chi connectivity index (χ4v) is 1.80. The number of Topliss-reactive ketones (excluding diaryl/α,β-unsaturated/α-hetero) is 1. The molecule has 0 bridgehead atoms. The summed E-state index contributed by atoms with van der Waals surface area (Å²) in [5, 5.41) is 3.16. The smallest absolute Gasteiger partial charge is 0.179 e. The number of nitrogens with one attached hydrogen (secondary N) is 1. The van der Waals surface area contributed by atoms with Crippen molar-refractivity contribution < 1.29 is 13.9 Å². The van der Waals surface area contributed by atoms with E-state index in [2.05, 4.69) is 12.2 Å². The zero-order chi connectivity index (χ0) is 14.8. The van der Waals surface area contributed by atoms with E-state index in [4.69, 9.17) is 4.74 Å². The zero-order valence-electron chi connectivity index (χ0n) is 12.3. The lowest BCUT2D eigenvalue weighted by Crippen LogP contribution is -2.35. The number of rotatable bonds is 10. The number of halogens is 1. The molecule has 0 aliphatic heterocycles. The predicted octanol–water partition coefficient (Wildman–Crippen LogP) is 3.19. The summed E-state index contributed by atoms with van der Waals surface area (Å²) in [5.41, 5.74) is 0.533. The minimum atomic E-state index is -0.327.